The summed E-state index contributed by atoms with van der Waals surface area (Å²) < 4.78 is 0. The summed E-state index contributed by atoms with van der Waals surface area (Å²) in [6, 6.07) is 10.2. The third-order valence-electron chi connectivity index (χ3n) is 3.41. The van der Waals surface area contributed by atoms with Crippen molar-refractivity contribution in [3.05, 3.63) is 53.5 Å². The number of aromatic nitrogens is 2. The number of halogens is 1. The van der Waals surface area contributed by atoms with Gasteiger partial charge in [-0.25, -0.2) is 4.98 Å². The van der Waals surface area contributed by atoms with Crippen LogP contribution in [0.25, 0.3) is 0 Å². The van der Waals surface area contributed by atoms with Gasteiger partial charge in [-0.05, 0) is 36.2 Å². The summed E-state index contributed by atoms with van der Waals surface area (Å²) in [7, 11) is 2.07. The maximum absolute atomic E-state index is 5.99. The zero-order valence-electron chi connectivity index (χ0n) is 12.7. The molecule has 2 heterocycles. The zero-order chi connectivity index (χ0) is 15.1. The Morgan fingerprint density at radius 1 is 1.14 bits per heavy atom. The minimum Gasteiger partial charge on any atom is -0.359 e. The Morgan fingerprint density at radius 2 is 2.00 bits per heavy atom. The van der Waals surface area contributed by atoms with Gasteiger partial charge in [0.1, 0.15) is 5.82 Å². The van der Waals surface area contributed by atoms with Crippen LogP contribution in [0.1, 0.15) is 30.3 Å². The quantitative estimate of drug-likeness (QED) is 0.728. The Kier molecular flexibility index (Phi) is 6.00. The van der Waals surface area contributed by atoms with E-state index in [1.165, 1.54) is 0 Å². The monoisotopic (exact) mass is 303 g/mol. The van der Waals surface area contributed by atoms with E-state index in [9.17, 15) is 0 Å². The van der Waals surface area contributed by atoms with Gasteiger partial charge >= 0.3 is 0 Å². The summed E-state index contributed by atoms with van der Waals surface area (Å²) in [5.41, 5.74) is 3.36. The highest BCUT2D eigenvalue weighted by atomic mass is 35.5. The molecule has 112 valence electrons. The minimum atomic E-state index is 0.528. The molecule has 0 saturated carbocycles. The molecular weight excluding hydrogens is 282 g/mol. The number of aryl methyl sites for hydroxylation is 1. The topological polar surface area (TPSA) is 29.0 Å². The highest BCUT2D eigenvalue weighted by molar-refractivity contribution is 6.17. The Balaban J connectivity index is 2.07. The molecule has 2 rings (SSSR count). The van der Waals surface area contributed by atoms with Crippen LogP contribution in [0.15, 0.2) is 36.5 Å². The zero-order valence-corrected chi connectivity index (χ0v) is 13.5. The van der Waals surface area contributed by atoms with Crippen molar-refractivity contribution in [2.45, 2.75) is 32.1 Å². The van der Waals surface area contributed by atoms with Crippen molar-refractivity contribution in [1.29, 1.82) is 0 Å². The van der Waals surface area contributed by atoms with Gasteiger partial charge in [0, 0.05) is 43.5 Å². The molecule has 0 atom stereocenters. The maximum atomic E-state index is 5.99. The van der Waals surface area contributed by atoms with E-state index in [4.69, 9.17) is 16.6 Å². The average molecular weight is 304 g/mol. The second-order valence-electron chi connectivity index (χ2n) is 5.20. The van der Waals surface area contributed by atoms with Crippen molar-refractivity contribution >= 4 is 17.4 Å². The lowest BCUT2D eigenvalue weighted by Gasteiger charge is -2.19. The maximum Gasteiger partial charge on any atom is 0.128 e. The normalized spacial score (nSPS) is 10.6. The van der Waals surface area contributed by atoms with Crippen molar-refractivity contribution in [2.75, 3.05) is 18.5 Å². The van der Waals surface area contributed by atoms with Gasteiger partial charge in [0.2, 0.25) is 0 Å². The fraction of sp³-hybridized carbons (Fsp3) is 0.412. The van der Waals surface area contributed by atoms with Crippen molar-refractivity contribution in [3.63, 3.8) is 0 Å². The van der Waals surface area contributed by atoms with E-state index >= 15 is 0 Å². The molecule has 0 aliphatic heterocycles. The van der Waals surface area contributed by atoms with Crippen molar-refractivity contribution in [1.82, 2.24) is 9.97 Å². The summed E-state index contributed by atoms with van der Waals surface area (Å²) in [4.78, 5) is 11.3. The van der Waals surface area contributed by atoms with E-state index in [1.54, 1.807) is 0 Å². The van der Waals surface area contributed by atoms with Gasteiger partial charge in [0.05, 0.1) is 0 Å². The molecule has 0 spiro atoms. The summed E-state index contributed by atoms with van der Waals surface area (Å²) in [6.45, 7) is 3.06. The van der Waals surface area contributed by atoms with Crippen LogP contribution in [0.3, 0.4) is 0 Å². The molecule has 3 nitrogen and oxygen atoms in total. The smallest absolute Gasteiger partial charge is 0.128 e. The average Bonchev–Trinajstić information content (AvgIpc) is 2.53. The van der Waals surface area contributed by atoms with Gasteiger partial charge in [-0.15, -0.1) is 11.6 Å². The van der Waals surface area contributed by atoms with Gasteiger partial charge < -0.3 is 4.90 Å². The molecule has 0 saturated heterocycles. The predicted octanol–water partition coefficient (Wildman–Crippen LogP) is 3.85. The lowest BCUT2D eigenvalue weighted by Crippen LogP contribution is -2.22. The van der Waals surface area contributed by atoms with Crippen LogP contribution in [0.2, 0.25) is 0 Å². The molecule has 2 aromatic rings. The summed E-state index contributed by atoms with van der Waals surface area (Å²) in [6.07, 6.45) is 4.83. The first kappa shape index (κ1) is 15.8. The number of hydrogen-bond acceptors (Lipinski definition) is 3. The van der Waals surface area contributed by atoms with Crippen molar-refractivity contribution in [3.8, 4) is 0 Å². The third kappa shape index (κ3) is 4.71. The van der Waals surface area contributed by atoms with Gasteiger partial charge in [-0.3, -0.25) is 4.98 Å². The SMILES string of the molecule is CCCc1cc(CCl)cc(N(C)CCc2ccccn2)n1. The number of pyridine rings is 2. The molecular formula is C17H22ClN3. The lowest BCUT2D eigenvalue weighted by molar-refractivity contribution is 0.820. The second kappa shape index (κ2) is 7.99. The van der Waals surface area contributed by atoms with Crippen LogP contribution in [0, 0.1) is 0 Å². The van der Waals surface area contributed by atoms with E-state index < -0.39 is 0 Å². The number of nitrogens with zero attached hydrogens (tertiary/aromatic N) is 3. The molecule has 2 aromatic heterocycles. The molecule has 0 bridgehead atoms. The van der Waals surface area contributed by atoms with Crippen molar-refractivity contribution < 1.29 is 0 Å². The van der Waals surface area contributed by atoms with Crippen molar-refractivity contribution in [2.24, 2.45) is 0 Å². The van der Waals surface area contributed by atoms with Crippen LogP contribution in [0.5, 0.6) is 0 Å². The van der Waals surface area contributed by atoms with E-state index in [0.29, 0.717) is 5.88 Å². The molecule has 0 radical (unpaired) electrons. The van der Waals surface area contributed by atoms with E-state index in [2.05, 4.69) is 42.1 Å². The molecule has 0 aromatic carbocycles. The number of hydrogen-bond donors (Lipinski definition) is 0. The highest BCUT2D eigenvalue weighted by Crippen LogP contribution is 2.17. The molecule has 0 fully saturated rings. The predicted molar refractivity (Wildman–Crippen MR) is 89.0 cm³/mol. The summed E-state index contributed by atoms with van der Waals surface area (Å²) >= 11 is 5.99. The largest absolute Gasteiger partial charge is 0.359 e. The van der Waals surface area contributed by atoms with E-state index in [0.717, 1.165) is 48.6 Å². The highest BCUT2D eigenvalue weighted by Gasteiger charge is 2.07. The molecule has 0 aliphatic rings. The van der Waals surface area contributed by atoms with Gasteiger partial charge in [-0.2, -0.15) is 0 Å². The van der Waals surface area contributed by atoms with Crippen LogP contribution >= 0.6 is 11.6 Å². The number of rotatable bonds is 7. The van der Waals surface area contributed by atoms with Gasteiger partial charge in [0.25, 0.3) is 0 Å². The minimum absolute atomic E-state index is 0.528. The first-order valence-corrected chi connectivity index (χ1v) is 7.93. The first-order chi connectivity index (χ1) is 10.2. The van der Waals surface area contributed by atoms with Crippen LogP contribution in [0.4, 0.5) is 5.82 Å². The molecule has 21 heavy (non-hydrogen) atoms. The van der Waals surface area contributed by atoms with Crippen LogP contribution in [-0.2, 0) is 18.7 Å². The van der Waals surface area contributed by atoms with E-state index in [-0.39, 0.29) is 0 Å². The molecule has 4 heteroatoms. The molecule has 0 N–H and O–H groups in total. The Morgan fingerprint density at radius 3 is 2.67 bits per heavy atom. The van der Waals surface area contributed by atoms with Crippen LogP contribution < -0.4 is 4.90 Å². The second-order valence-corrected chi connectivity index (χ2v) is 5.47. The lowest BCUT2D eigenvalue weighted by atomic mass is 10.1. The number of alkyl halides is 1. The van der Waals surface area contributed by atoms with Gasteiger partial charge in [0.15, 0.2) is 0 Å². The fourth-order valence-electron chi connectivity index (χ4n) is 2.23. The first-order valence-electron chi connectivity index (χ1n) is 7.39. The van der Waals surface area contributed by atoms with E-state index in [1.807, 2.05) is 18.3 Å². The Bertz CT molecular complexity index is 557. The summed E-state index contributed by atoms with van der Waals surface area (Å²) in [5, 5.41) is 0. The number of likely N-dealkylation sites (N-methyl/N-ethyl adjacent to an activating group) is 1. The fourth-order valence-corrected chi connectivity index (χ4v) is 2.39. The molecule has 0 aliphatic carbocycles. The molecule has 0 unspecified atom stereocenters. The molecule has 0 amide bonds. The third-order valence-corrected chi connectivity index (χ3v) is 3.71. The number of anilines is 1. The Labute approximate surface area is 132 Å². The van der Waals surface area contributed by atoms with Gasteiger partial charge in [-0.1, -0.05) is 19.4 Å². The standard InChI is InChI=1S/C17H22ClN3/c1-3-6-16-11-14(13-18)12-17(20-16)21(2)10-8-15-7-4-5-9-19-15/h4-5,7,9,11-12H,3,6,8,10,13H2,1-2H3. The van der Waals surface area contributed by atoms with Crippen LogP contribution in [-0.4, -0.2) is 23.6 Å². The Hall–Kier alpha value is -1.61. The summed E-state index contributed by atoms with van der Waals surface area (Å²) in [5.74, 6) is 1.52.